The van der Waals surface area contributed by atoms with Crippen LogP contribution in [0.15, 0.2) is 0 Å². The third-order valence-electron chi connectivity index (χ3n) is 4.43. The van der Waals surface area contributed by atoms with Gasteiger partial charge >= 0.3 is 0 Å². The molecule has 0 aromatic heterocycles. The highest BCUT2D eigenvalue weighted by molar-refractivity contribution is 7.88. The zero-order chi connectivity index (χ0) is 14.1. The van der Waals surface area contributed by atoms with Crippen molar-refractivity contribution in [3.05, 3.63) is 0 Å². The van der Waals surface area contributed by atoms with Gasteiger partial charge in [-0.15, -0.1) is 0 Å². The van der Waals surface area contributed by atoms with E-state index in [1.165, 1.54) is 10.6 Å². The molecule has 2 rings (SSSR count). The van der Waals surface area contributed by atoms with Gasteiger partial charge in [0.05, 0.1) is 12.9 Å². The highest BCUT2D eigenvalue weighted by Gasteiger charge is 2.36. The Morgan fingerprint density at radius 3 is 2.47 bits per heavy atom. The quantitative estimate of drug-likeness (QED) is 0.710. The lowest BCUT2D eigenvalue weighted by Crippen LogP contribution is -2.57. The Morgan fingerprint density at radius 1 is 1.32 bits per heavy atom. The molecule has 3 N–H and O–H groups in total. The molecule has 6 nitrogen and oxygen atoms in total. The summed E-state index contributed by atoms with van der Waals surface area (Å²) in [6.45, 7) is 2.68. The van der Waals surface area contributed by atoms with Crippen LogP contribution in [-0.4, -0.2) is 73.4 Å². The molecule has 0 amide bonds. The molecule has 7 heteroatoms. The largest absolute Gasteiger partial charge is 0.394 e. The normalized spacial score (nSPS) is 35.4. The lowest BCUT2D eigenvalue weighted by Gasteiger charge is -2.44. The predicted molar refractivity (Wildman–Crippen MR) is 74.3 cm³/mol. The number of nitrogens with zero attached hydrogens (tertiary/aromatic N) is 2. The third kappa shape index (κ3) is 3.66. The van der Waals surface area contributed by atoms with Gasteiger partial charge in [-0.25, -0.2) is 8.42 Å². The second-order valence-corrected chi connectivity index (χ2v) is 7.95. The Kier molecular flexibility index (Phi) is 4.52. The van der Waals surface area contributed by atoms with E-state index < -0.39 is 15.6 Å². The monoisotopic (exact) mass is 291 g/mol. The summed E-state index contributed by atoms with van der Waals surface area (Å²) < 4.78 is 24.5. The second-order valence-electron chi connectivity index (χ2n) is 5.97. The van der Waals surface area contributed by atoms with Crippen molar-refractivity contribution in [1.82, 2.24) is 9.21 Å². The average Bonchev–Trinajstić information content (AvgIpc) is 2.38. The van der Waals surface area contributed by atoms with Crippen LogP contribution in [0.3, 0.4) is 0 Å². The summed E-state index contributed by atoms with van der Waals surface area (Å²) in [4.78, 5) is 2.33. The third-order valence-corrected chi connectivity index (χ3v) is 5.73. The van der Waals surface area contributed by atoms with Gasteiger partial charge in [-0.2, -0.15) is 4.31 Å². The van der Waals surface area contributed by atoms with Gasteiger partial charge in [0.2, 0.25) is 10.0 Å². The van der Waals surface area contributed by atoms with Gasteiger partial charge in [-0.1, -0.05) is 0 Å². The standard InChI is InChI=1S/C12H25N3O3S/c1-19(17,18)15-7-5-14(6-8-15)11-3-2-4-12(13,9-11)10-16/h11,16H,2-10,13H2,1H3. The fraction of sp³-hybridized carbons (Fsp3) is 1.00. The minimum Gasteiger partial charge on any atom is -0.394 e. The maximum atomic E-state index is 11.5. The van der Waals surface area contributed by atoms with E-state index in [2.05, 4.69) is 4.90 Å². The molecule has 19 heavy (non-hydrogen) atoms. The first-order chi connectivity index (χ1) is 8.84. The maximum absolute atomic E-state index is 11.5. The zero-order valence-electron chi connectivity index (χ0n) is 11.6. The molecule has 0 bridgehead atoms. The highest BCUT2D eigenvalue weighted by Crippen LogP contribution is 2.29. The number of piperazine rings is 1. The van der Waals surface area contributed by atoms with Crippen molar-refractivity contribution >= 4 is 10.0 Å². The first-order valence-electron chi connectivity index (χ1n) is 6.93. The number of hydrogen-bond acceptors (Lipinski definition) is 5. The van der Waals surface area contributed by atoms with Crippen LogP contribution in [0, 0.1) is 0 Å². The molecule has 2 unspecified atom stereocenters. The van der Waals surface area contributed by atoms with Crippen LogP contribution in [0.1, 0.15) is 25.7 Å². The van der Waals surface area contributed by atoms with E-state index in [1.807, 2.05) is 0 Å². The van der Waals surface area contributed by atoms with E-state index in [0.717, 1.165) is 38.8 Å². The van der Waals surface area contributed by atoms with Crippen molar-refractivity contribution in [2.75, 3.05) is 39.0 Å². The molecule has 0 radical (unpaired) electrons. The number of rotatable bonds is 3. The summed E-state index contributed by atoms with van der Waals surface area (Å²) in [5, 5.41) is 9.38. The number of sulfonamides is 1. The van der Waals surface area contributed by atoms with Crippen LogP contribution in [0.25, 0.3) is 0 Å². The van der Waals surface area contributed by atoms with Crippen LogP contribution in [0.4, 0.5) is 0 Å². The minimum absolute atomic E-state index is 0.0345. The Hall–Kier alpha value is -0.210. The van der Waals surface area contributed by atoms with Crippen LogP contribution < -0.4 is 5.73 Å². The van der Waals surface area contributed by atoms with Crippen LogP contribution in [0.5, 0.6) is 0 Å². The number of nitrogens with two attached hydrogens (primary N) is 1. The second kappa shape index (κ2) is 5.65. The maximum Gasteiger partial charge on any atom is 0.211 e. The molecule has 0 aromatic rings. The van der Waals surface area contributed by atoms with Crippen molar-refractivity contribution in [2.45, 2.75) is 37.3 Å². The smallest absolute Gasteiger partial charge is 0.211 e. The lowest BCUT2D eigenvalue weighted by molar-refractivity contribution is 0.0620. The molecule has 2 aliphatic rings. The van der Waals surface area contributed by atoms with E-state index in [-0.39, 0.29) is 6.61 Å². The molecule has 2 fully saturated rings. The van der Waals surface area contributed by atoms with E-state index in [0.29, 0.717) is 19.1 Å². The molecule has 2 atom stereocenters. The Labute approximate surface area is 115 Å². The van der Waals surface area contributed by atoms with Crippen molar-refractivity contribution in [3.63, 3.8) is 0 Å². The minimum atomic E-state index is -3.07. The Morgan fingerprint density at radius 2 is 1.95 bits per heavy atom. The summed E-state index contributed by atoms with van der Waals surface area (Å²) in [6, 6.07) is 0.382. The Balaban J connectivity index is 1.91. The van der Waals surface area contributed by atoms with Gasteiger partial charge in [0.25, 0.3) is 0 Å². The van der Waals surface area contributed by atoms with Gasteiger partial charge in [-0.3, -0.25) is 4.90 Å². The van der Waals surface area contributed by atoms with E-state index in [4.69, 9.17) is 5.73 Å². The van der Waals surface area contributed by atoms with Crippen molar-refractivity contribution < 1.29 is 13.5 Å². The van der Waals surface area contributed by atoms with Crippen LogP contribution in [0.2, 0.25) is 0 Å². The fourth-order valence-electron chi connectivity index (χ4n) is 3.22. The molecule has 0 aromatic carbocycles. The van der Waals surface area contributed by atoms with Gasteiger partial charge in [0, 0.05) is 37.8 Å². The van der Waals surface area contributed by atoms with Gasteiger partial charge in [-0.05, 0) is 25.7 Å². The fourth-order valence-corrected chi connectivity index (χ4v) is 4.05. The molecule has 1 heterocycles. The van der Waals surface area contributed by atoms with Crippen LogP contribution in [-0.2, 0) is 10.0 Å². The molecular weight excluding hydrogens is 266 g/mol. The molecule has 0 spiro atoms. The summed E-state index contributed by atoms with van der Waals surface area (Å²) in [7, 11) is -3.07. The lowest BCUT2D eigenvalue weighted by atomic mass is 9.79. The summed E-state index contributed by atoms with van der Waals surface area (Å²) in [5.74, 6) is 0. The molecule has 112 valence electrons. The first kappa shape index (κ1) is 15.2. The summed E-state index contributed by atoms with van der Waals surface area (Å²) in [6.07, 6.45) is 5.08. The molecular formula is C12H25N3O3S. The summed E-state index contributed by atoms with van der Waals surface area (Å²) in [5.41, 5.74) is 5.72. The van der Waals surface area contributed by atoms with E-state index in [1.54, 1.807) is 0 Å². The topological polar surface area (TPSA) is 86.9 Å². The Bertz CT molecular complexity index is 406. The first-order valence-corrected chi connectivity index (χ1v) is 8.78. The molecule has 1 aliphatic heterocycles. The van der Waals surface area contributed by atoms with E-state index in [9.17, 15) is 13.5 Å². The molecule has 1 aliphatic carbocycles. The van der Waals surface area contributed by atoms with Gasteiger partial charge in [0.15, 0.2) is 0 Å². The van der Waals surface area contributed by atoms with Crippen molar-refractivity contribution in [2.24, 2.45) is 5.73 Å². The van der Waals surface area contributed by atoms with Gasteiger partial charge in [0.1, 0.15) is 0 Å². The predicted octanol–water partition coefficient (Wildman–Crippen LogP) is -0.804. The SMILES string of the molecule is CS(=O)(=O)N1CCN(C2CCCC(N)(CO)C2)CC1. The molecule has 1 saturated carbocycles. The van der Waals surface area contributed by atoms with Crippen molar-refractivity contribution in [3.8, 4) is 0 Å². The highest BCUT2D eigenvalue weighted by atomic mass is 32.2. The van der Waals surface area contributed by atoms with Crippen LogP contribution >= 0.6 is 0 Å². The van der Waals surface area contributed by atoms with E-state index >= 15 is 0 Å². The average molecular weight is 291 g/mol. The number of hydrogen-bond donors (Lipinski definition) is 2. The van der Waals surface area contributed by atoms with Crippen molar-refractivity contribution in [1.29, 1.82) is 0 Å². The van der Waals surface area contributed by atoms with Gasteiger partial charge < -0.3 is 10.8 Å². The summed E-state index contributed by atoms with van der Waals surface area (Å²) >= 11 is 0. The number of aliphatic hydroxyl groups excluding tert-OH is 1. The molecule has 1 saturated heterocycles. The number of aliphatic hydroxyl groups is 1. The zero-order valence-corrected chi connectivity index (χ0v) is 12.4.